The van der Waals surface area contributed by atoms with Gasteiger partial charge in [0.1, 0.15) is 6.61 Å². The topological polar surface area (TPSA) is 35.5 Å². The van der Waals surface area contributed by atoms with Crippen molar-refractivity contribution in [1.29, 1.82) is 0 Å². The van der Waals surface area contributed by atoms with Crippen LogP contribution in [-0.2, 0) is 14.3 Å². The SMILES string of the molecule is C=CCOC(=O)C1CCO1. The second-order valence-corrected chi connectivity index (χ2v) is 2.07. The van der Waals surface area contributed by atoms with E-state index in [1.165, 1.54) is 6.08 Å². The maximum absolute atomic E-state index is 10.8. The summed E-state index contributed by atoms with van der Waals surface area (Å²) in [6, 6.07) is 0. The third kappa shape index (κ3) is 1.57. The van der Waals surface area contributed by atoms with Gasteiger partial charge < -0.3 is 9.47 Å². The minimum atomic E-state index is -0.306. The van der Waals surface area contributed by atoms with Crippen LogP contribution in [0.25, 0.3) is 0 Å². The van der Waals surface area contributed by atoms with Crippen molar-refractivity contribution in [1.82, 2.24) is 0 Å². The van der Waals surface area contributed by atoms with Gasteiger partial charge in [0, 0.05) is 6.42 Å². The van der Waals surface area contributed by atoms with E-state index in [1.54, 1.807) is 0 Å². The summed E-state index contributed by atoms with van der Waals surface area (Å²) in [7, 11) is 0. The molecule has 0 aliphatic carbocycles. The van der Waals surface area contributed by atoms with Gasteiger partial charge in [-0.15, -0.1) is 0 Å². The van der Waals surface area contributed by atoms with Gasteiger partial charge in [0.05, 0.1) is 6.61 Å². The minimum Gasteiger partial charge on any atom is -0.460 e. The quantitative estimate of drug-likeness (QED) is 0.425. The predicted molar refractivity (Wildman–Crippen MR) is 35.5 cm³/mol. The van der Waals surface area contributed by atoms with E-state index < -0.39 is 0 Å². The highest BCUT2D eigenvalue weighted by Gasteiger charge is 2.27. The monoisotopic (exact) mass is 142 g/mol. The Morgan fingerprint density at radius 1 is 1.90 bits per heavy atom. The van der Waals surface area contributed by atoms with Crippen LogP contribution in [0.4, 0.5) is 0 Å². The van der Waals surface area contributed by atoms with Gasteiger partial charge in [-0.25, -0.2) is 4.79 Å². The Kier molecular flexibility index (Phi) is 2.45. The Morgan fingerprint density at radius 3 is 3.00 bits per heavy atom. The molecular weight excluding hydrogens is 132 g/mol. The minimum absolute atomic E-state index is 0.272. The molecule has 0 aromatic rings. The zero-order chi connectivity index (χ0) is 7.40. The molecule has 0 N–H and O–H groups in total. The summed E-state index contributed by atoms with van der Waals surface area (Å²) in [6.45, 7) is 4.37. The van der Waals surface area contributed by atoms with Crippen LogP contribution in [0.3, 0.4) is 0 Å². The molecule has 1 fully saturated rings. The first kappa shape index (κ1) is 7.28. The molecule has 0 radical (unpaired) electrons. The molecule has 1 aliphatic rings. The van der Waals surface area contributed by atoms with Crippen molar-refractivity contribution in [3.8, 4) is 0 Å². The lowest BCUT2D eigenvalue weighted by atomic mass is 10.2. The van der Waals surface area contributed by atoms with Crippen LogP contribution in [0.15, 0.2) is 12.7 Å². The summed E-state index contributed by atoms with van der Waals surface area (Å²) in [6.07, 6.45) is 2.02. The fourth-order valence-electron chi connectivity index (χ4n) is 0.656. The molecule has 1 aliphatic heterocycles. The van der Waals surface area contributed by atoms with Gasteiger partial charge in [0.15, 0.2) is 6.10 Å². The predicted octanol–water partition coefficient (Wildman–Crippen LogP) is 0.504. The zero-order valence-corrected chi connectivity index (χ0v) is 5.71. The smallest absolute Gasteiger partial charge is 0.335 e. The highest BCUT2D eigenvalue weighted by molar-refractivity contribution is 5.75. The second kappa shape index (κ2) is 3.37. The van der Waals surface area contributed by atoms with Crippen LogP contribution in [0.2, 0.25) is 0 Å². The molecule has 56 valence electrons. The van der Waals surface area contributed by atoms with Crippen LogP contribution in [0.1, 0.15) is 6.42 Å². The van der Waals surface area contributed by atoms with E-state index in [9.17, 15) is 4.79 Å². The van der Waals surface area contributed by atoms with E-state index in [0.29, 0.717) is 6.61 Å². The number of hydrogen-bond donors (Lipinski definition) is 0. The molecule has 1 saturated heterocycles. The molecule has 0 spiro atoms. The third-order valence-electron chi connectivity index (χ3n) is 1.31. The van der Waals surface area contributed by atoms with Gasteiger partial charge in [0.2, 0.25) is 0 Å². The standard InChI is InChI=1S/C7H10O3/c1-2-4-10-7(8)6-3-5-9-6/h2,6H,1,3-5H2. The number of carbonyl (C=O) groups is 1. The van der Waals surface area contributed by atoms with Crippen molar-refractivity contribution in [2.75, 3.05) is 13.2 Å². The van der Waals surface area contributed by atoms with E-state index in [0.717, 1.165) is 6.42 Å². The Labute approximate surface area is 59.6 Å². The molecule has 0 amide bonds. The van der Waals surface area contributed by atoms with Crippen molar-refractivity contribution in [3.05, 3.63) is 12.7 Å². The number of carbonyl (C=O) groups excluding carboxylic acids is 1. The Bertz CT molecular complexity index is 138. The van der Waals surface area contributed by atoms with Gasteiger partial charge in [-0.05, 0) is 0 Å². The van der Waals surface area contributed by atoms with E-state index >= 15 is 0 Å². The van der Waals surface area contributed by atoms with Crippen molar-refractivity contribution in [2.45, 2.75) is 12.5 Å². The molecule has 1 atom stereocenters. The molecule has 0 aromatic heterocycles. The van der Waals surface area contributed by atoms with Gasteiger partial charge in [-0.3, -0.25) is 0 Å². The Morgan fingerprint density at radius 2 is 2.60 bits per heavy atom. The lowest BCUT2D eigenvalue weighted by molar-refractivity contribution is -0.168. The van der Waals surface area contributed by atoms with Crippen LogP contribution >= 0.6 is 0 Å². The molecule has 0 aromatic carbocycles. The Hall–Kier alpha value is -0.830. The summed E-state index contributed by atoms with van der Waals surface area (Å²) in [5.41, 5.74) is 0. The first-order chi connectivity index (χ1) is 4.84. The average Bonchev–Trinajstić information content (AvgIpc) is 1.79. The summed E-state index contributed by atoms with van der Waals surface area (Å²) in [5.74, 6) is -0.272. The van der Waals surface area contributed by atoms with Crippen molar-refractivity contribution in [2.24, 2.45) is 0 Å². The molecule has 10 heavy (non-hydrogen) atoms. The summed E-state index contributed by atoms with van der Waals surface area (Å²) >= 11 is 0. The highest BCUT2D eigenvalue weighted by atomic mass is 16.6. The van der Waals surface area contributed by atoms with Crippen molar-refractivity contribution >= 4 is 5.97 Å². The van der Waals surface area contributed by atoms with E-state index in [4.69, 9.17) is 9.47 Å². The van der Waals surface area contributed by atoms with Crippen LogP contribution in [0, 0.1) is 0 Å². The molecule has 1 unspecified atom stereocenters. The van der Waals surface area contributed by atoms with Gasteiger partial charge in [-0.2, -0.15) is 0 Å². The van der Waals surface area contributed by atoms with E-state index in [-0.39, 0.29) is 18.7 Å². The molecule has 0 saturated carbocycles. The lowest BCUT2D eigenvalue weighted by Gasteiger charge is -2.23. The van der Waals surface area contributed by atoms with E-state index in [1.807, 2.05) is 0 Å². The molecule has 1 heterocycles. The molecule has 0 bridgehead atoms. The number of esters is 1. The molecular formula is C7H10O3. The lowest BCUT2D eigenvalue weighted by Crippen LogP contribution is -2.36. The van der Waals surface area contributed by atoms with Gasteiger partial charge in [0.25, 0.3) is 0 Å². The first-order valence-corrected chi connectivity index (χ1v) is 3.23. The zero-order valence-electron chi connectivity index (χ0n) is 5.71. The summed E-state index contributed by atoms with van der Waals surface area (Å²) in [4.78, 5) is 10.8. The molecule has 3 nitrogen and oxygen atoms in total. The second-order valence-electron chi connectivity index (χ2n) is 2.07. The fourth-order valence-corrected chi connectivity index (χ4v) is 0.656. The summed E-state index contributed by atoms with van der Waals surface area (Å²) < 4.78 is 9.59. The van der Waals surface area contributed by atoms with Crippen LogP contribution < -0.4 is 0 Å². The highest BCUT2D eigenvalue weighted by Crippen LogP contribution is 2.11. The summed E-state index contributed by atoms with van der Waals surface area (Å²) in [5, 5.41) is 0. The van der Waals surface area contributed by atoms with Gasteiger partial charge >= 0.3 is 5.97 Å². The first-order valence-electron chi connectivity index (χ1n) is 3.23. The average molecular weight is 142 g/mol. The van der Waals surface area contributed by atoms with Gasteiger partial charge in [-0.1, -0.05) is 12.7 Å². The Balaban J connectivity index is 2.13. The van der Waals surface area contributed by atoms with Crippen LogP contribution in [0.5, 0.6) is 0 Å². The van der Waals surface area contributed by atoms with Crippen LogP contribution in [-0.4, -0.2) is 25.3 Å². The maximum Gasteiger partial charge on any atom is 0.335 e. The van der Waals surface area contributed by atoms with Crippen molar-refractivity contribution in [3.63, 3.8) is 0 Å². The number of ether oxygens (including phenoxy) is 2. The van der Waals surface area contributed by atoms with Crippen molar-refractivity contribution < 1.29 is 14.3 Å². The largest absolute Gasteiger partial charge is 0.460 e. The number of hydrogen-bond acceptors (Lipinski definition) is 3. The molecule has 1 rings (SSSR count). The molecule has 3 heteroatoms. The fraction of sp³-hybridized carbons (Fsp3) is 0.571. The van der Waals surface area contributed by atoms with E-state index in [2.05, 4.69) is 6.58 Å². The maximum atomic E-state index is 10.8. The normalized spacial score (nSPS) is 23.0. The number of rotatable bonds is 3. The third-order valence-corrected chi connectivity index (χ3v) is 1.31.